The molecule has 3 rings (SSSR count). The Kier molecular flexibility index (Phi) is 4.78. The Bertz CT molecular complexity index is 846. The van der Waals surface area contributed by atoms with E-state index in [4.69, 9.17) is 11.6 Å². The number of aryl methyl sites for hydroxylation is 1. The van der Waals surface area contributed by atoms with Gasteiger partial charge in [-0.15, -0.1) is 11.8 Å². The normalized spacial score (nSPS) is 14.7. The molecule has 0 unspecified atom stereocenters. The molecule has 1 heterocycles. The van der Waals surface area contributed by atoms with Crippen molar-refractivity contribution in [2.45, 2.75) is 13.8 Å². The maximum atomic E-state index is 13.1. The van der Waals surface area contributed by atoms with E-state index in [0.29, 0.717) is 26.9 Å². The largest absolute Gasteiger partial charge is 0.272 e. The number of thioether (sulfide) groups is 1. The SMILES string of the molecule is CCSC1=C(c2ccccc2)C(=O)N(c2cc(Cl)ccc2C)C1=O. The highest BCUT2D eigenvalue weighted by molar-refractivity contribution is 8.04. The van der Waals surface area contributed by atoms with Crippen molar-refractivity contribution in [3.05, 3.63) is 69.6 Å². The van der Waals surface area contributed by atoms with Crippen LogP contribution < -0.4 is 4.90 Å². The van der Waals surface area contributed by atoms with Crippen LogP contribution in [-0.2, 0) is 9.59 Å². The fourth-order valence-electron chi connectivity index (χ4n) is 2.69. The molecule has 0 bridgehead atoms. The van der Waals surface area contributed by atoms with Crippen LogP contribution in [0, 0.1) is 6.92 Å². The third-order valence-corrected chi connectivity index (χ3v) is 5.00. The van der Waals surface area contributed by atoms with Gasteiger partial charge in [-0.1, -0.05) is 54.9 Å². The first-order valence-electron chi connectivity index (χ1n) is 7.62. The minimum Gasteiger partial charge on any atom is -0.268 e. The molecule has 2 amide bonds. The van der Waals surface area contributed by atoms with Gasteiger partial charge in [-0.2, -0.15) is 0 Å². The Labute approximate surface area is 150 Å². The van der Waals surface area contributed by atoms with Crippen molar-refractivity contribution >= 4 is 46.4 Å². The fourth-order valence-corrected chi connectivity index (χ4v) is 3.71. The van der Waals surface area contributed by atoms with Crippen molar-refractivity contribution in [2.24, 2.45) is 0 Å². The van der Waals surface area contributed by atoms with Gasteiger partial charge < -0.3 is 0 Å². The number of carbonyl (C=O) groups is 2. The Morgan fingerprint density at radius 1 is 1.04 bits per heavy atom. The van der Waals surface area contributed by atoms with Crippen LogP contribution in [0.15, 0.2) is 53.4 Å². The summed E-state index contributed by atoms with van der Waals surface area (Å²) < 4.78 is 0. The number of hydrogen-bond donors (Lipinski definition) is 0. The average molecular weight is 358 g/mol. The third kappa shape index (κ3) is 2.87. The monoisotopic (exact) mass is 357 g/mol. The first-order chi connectivity index (χ1) is 11.5. The second-order valence-electron chi connectivity index (χ2n) is 5.38. The summed E-state index contributed by atoms with van der Waals surface area (Å²) in [7, 11) is 0. The molecule has 2 aromatic carbocycles. The highest BCUT2D eigenvalue weighted by Gasteiger charge is 2.40. The Morgan fingerprint density at radius 2 is 1.75 bits per heavy atom. The van der Waals surface area contributed by atoms with Gasteiger partial charge in [-0.05, 0) is 35.9 Å². The molecule has 1 aliphatic heterocycles. The van der Waals surface area contributed by atoms with Gasteiger partial charge in [-0.25, -0.2) is 4.90 Å². The second-order valence-corrected chi connectivity index (χ2v) is 7.09. The lowest BCUT2D eigenvalue weighted by atomic mass is 10.1. The van der Waals surface area contributed by atoms with Crippen LogP contribution in [-0.4, -0.2) is 17.6 Å². The molecule has 0 saturated heterocycles. The zero-order chi connectivity index (χ0) is 17.3. The van der Waals surface area contributed by atoms with Crippen LogP contribution in [0.3, 0.4) is 0 Å². The molecule has 0 fully saturated rings. The maximum Gasteiger partial charge on any atom is 0.272 e. The molecule has 0 aliphatic carbocycles. The summed E-state index contributed by atoms with van der Waals surface area (Å²) in [5.74, 6) is 0.135. The number of carbonyl (C=O) groups excluding carboxylic acids is 2. The topological polar surface area (TPSA) is 37.4 Å². The zero-order valence-corrected chi connectivity index (χ0v) is 14.9. The number of anilines is 1. The van der Waals surface area contributed by atoms with Gasteiger partial charge in [0.1, 0.15) is 0 Å². The maximum absolute atomic E-state index is 13.1. The van der Waals surface area contributed by atoms with Crippen molar-refractivity contribution in [3.63, 3.8) is 0 Å². The van der Waals surface area contributed by atoms with Crippen LogP contribution in [0.5, 0.6) is 0 Å². The molecular weight excluding hydrogens is 342 g/mol. The molecule has 24 heavy (non-hydrogen) atoms. The van der Waals surface area contributed by atoms with Gasteiger partial charge in [0.05, 0.1) is 16.2 Å². The molecule has 0 atom stereocenters. The molecule has 0 radical (unpaired) electrons. The van der Waals surface area contributed by atoms with E-state index in [0.717, 1.165) is 11.1 Å². The summed E-state index contributed by atoms with van der Waals surface area (Å²) in [4.78, 5) is 27.7. The van der Waals surface area contributed by atoms with Crippen LogP contribution in [0.2, 0.25) is 5.02 Å². The van der Waals surface area contributed by atoms with Gasteiger partial charge in [0.25, 0.3) is 11.8 Å². The van der Waals surface area contributed by atoms with Crippen LogP contribution in [0.4, 0.5) is 5.69 Å². The standard InChI is InChI=1S/C19H16ClNO2S/c1-3-24-17-16(13-7-5-4-6-8-13)18(22)21(19(17)23)15-11-14(20)10-9-12(15)2/h4-11H,3H2,1-2H3. The molecule has 2 aromatic rings. The fraction of sp³-hybridized carbons (Fsp3) is 0.158. The number of amides is 2. The first kappa shape index (κ1) is 16.8. The third-order valence-electron chi connectivity index (χ3n) is 3.80. The summed E-state index contributed by atoms with van der Waals surface area (Å²) in [5.41, 5.74) is 2.59. The number of imide groups is 1. The lowest BCUT2D eigenvalue weighted by Crippen LogP contribution is -2.32. The lowest BCUT2D eigenvalue weighted by Gasteiger charge is -2.18. The number of rotatable bonds is 4. The van der Waals surface area contributed by atoms with Crippen LogP contribution in [0.25, 0.3) is 5.57 Å². The molecule has 0 N–H and O–H groups in total. The van der Waals surface area contributed by atoms with Gasteiger partial charge in [0.15, 0.2) is 0 Å². The van der Waals surface area contributed by atoms with E-state index in [9.17, 15) is 9.59 Å². The number of nitrogens with zero attached hydrogens (tertiary/aromatic N) is 1. The van der Waals surface area contributed by atoms with E-state index in [-0.39, 0.29) is 11.8 Å². The molecular formula is C19H16ClNO2S. The van der Waals surface area contributed by atoms with E-state index in [2.05, 4.69) is 0 Å². The summed E-state index contributed by atoms with van der Waals surface area (Å²) >= 11 is 7.47. The predicted octanol–water partition coefficient (Wildman–Crippen LogP) is 4.69. The molecule has 5 heteroatoms. The van der Waals surface area contributed by atoms with Crippen LogP contribution in [0.1, 0.15) is 18.1 Å². The average Bonchev–Trinajstić information content (AvgIpc) is 2.82. The Hall–Kier alpha value is -2.04. The van der Waals surface area contributed by atoms with Gasteiger partial charge in [0, 0.05) is 5.02 Å². The highest BCUT2D eigenvalue weighted by Crippen LogP contribution is 2.39. The van der Waals surface area contributed by atoms with E-state index >= 15 is 0 Å². The number of benzene rings is 2. The van der Waals surface area contributed by atoms with Gasteiger partial charge >= 0.3 is 0 Å². The minimum absolute atomic E-state index is 0.281. The van der Waals surface area contributed by atoms with E-state index in [1.807, 2.05) is 50.2 Å². The van der Waals surface area contributed by atoms with E-state index in [1.54, 1.807) is 12.1 Å². The molecule has 0 aromatic heterocycles. The summed E-state index contributed by atoms with van der Waals surface area (Å²) in [6, 6.07) is 14.5. The van der Waals surface area contributed by atoms with Crippen molar-refractivity contribution in [1.29, 1.82) is 0 Å². The smallest absolute Gasteiger partial charge is 0.268 e. The molecule has 0 saturated carbocycles. The Morgan fingerprint density at radius 3 is 2.42 bits per heavy atom. The summed E-state index contributed by atoms with van der Waals surface area (Å²) in [6.07, 6.45) is 0. The van der Waals surface area contributed by atoms with Crippen molar-refractivity contribution < 1.29 is 9.59 Å². The summed E-state index contributed by atoms with van der Waals surface area (Å²) in [6.45, 7) is 3.82. The van der Waals surface area contributed by atoms with Gasteiger partial charge in [0.2, 0.25) is 0 Å². The van der Waals surface area contributed by atoms with Crippen LogP contribution >= 0.6 is 23.4 Å². The lowest BCUT2D eigenvalue weighted by molar-refractivity contribution is -0.119. The quantitative estimate of drug-likeness (QED) is 0.745. The molecule has 1 aliphatic rings. The first-order valence-corrected chi connectivity index (χ1v) is 8.98. The molecule has 3 nitrogen and oxygen atoms in total. The summed E-state index contributed by atoms with van der Waals surface area (Å²) in [5, 5.41) is 0.494. The predicted molar refractivity (Wildman–Crippen MR) is 100 cm³/mol. The van der Waals surface area contributed by atoms with Crippen molar-refractivity contribution in [3.8, 4) is 0 Å². The second kappa shape index (κ2) is 6.83. The van der Waals surface area contributed by atoms with Crippen molar-refractivity contribution in [1.82, 2.24) is 0 Å². The zero-order valence-electron chi connectivity index (χ0n) is 13.4. The Balaban J connectivity index is 2.13. The number of halogens is 1. The number of hydrogen-bond acceptors (Lipinski definition) is 3. The highest BCUT2D eigenvalue weighted by atomic mass is 35.5. The molecule has 122 valence electrons. The molecule has 0 spiro atoms. The van der Waals surface area contributed by atoms with Gasteiger partial charge in [-0.3, -0.25) is 9.59 Å². The van der Waals surface area contributed by atoms with Crippen molar-refractivity contribution in [2.75, 3.05) is 10.7 Å². The minimum atomic E-state index is -0.299. The van der Waals surface area contributed by atoms with E-state index in [1.165, 1.54) is 16.7 Å². The van der Waals surface area contributed by atoms with E-state index < -0.39 is 0 Å².